The van der Waals surface area contributed by atoms with E-state index in [1.165, 1.54) is 6.07 Å². The molecule has 0 radical (unpaired) electrons. The van der Waals surface area contributed by atoms with Crippen LogP contribution in [0.5, 0.6) is 0 Å². The molecule has 1 nitrogen and oxygen atoms in total. The molecule has 0 aliphatic heterocycles. The summed E-state index contributed by atoms with van der Waals surface area (Å²) in [5, 5.41) is 9.67. The molecule has 0 aliphatic rings. The Morgan fingerprint density at radius 1 is 1.33 bits per heavy atom. The van der Waals surface area contributed by atoms with E-state index >= 15 is 0 Å². The molecule has 1 unspecified atom stereocenters. The predicted molar refractivity (Wildman–Crippen MR) is 63.8 cm³/mol. The Labute approximate surface area is 105 Å². The van der Waals surface area contributed by atoms with E-state index in [-0.39, 0.29) is 6.42 Å². The van der Waals surface area contributed by atoms with Gasteiger partial charge >= 0.3 is 6.18 Å². The third kappa shape index (κ3) is 4.80. The first-order chi connectivity index (χ1) is 8.43. The van der Waals surface area contributed by atoms with Crippen molar-refractivity contribution in [2.75, 3.05) is 0 Å². The van der Waals surface area contributed by atoms with Gasteiger partial charge in [-0.25, -0.2) is 0 Å². The van der Waals surface area contributed by atoms with Gasteiger partial charge in [-0.3, -0.25) is 0 Å². The summed E-state index contributed by atoms with van der Waals surface area (Å²) in [6.07, 6.45) is -3.76. The van der Waals surface area contributed by atoms with Crippen LogP contribution in [0.25, 0.3) is 0 Å². The lowest BCUT2D eigenvalue weighted by molar-refractivity contribution is -0.137. The Balaban J connectivity index is 2.64. The van der Waals surface area contributed by atoms with Gasteiger partial charge in [-0.1, -0.05) is 18.2 Å². The highest BCUT2D eigenvalue weighted by atomic mass is 19.4. The molecule has 1 N–H and O–H groups in total. The van der Waals surface area contributed by atoms with E-state index in [0.717, 1.165) is 12.1 Å². The molecule has 1 aromatic carbocycles. The zero-order valence-electron chi connectivity index (χ0n) is 10.1. The summed E-state index contributed by atoms with van der Waals surface area (Å²) >= 11 is 0. The molecule has 1 atom stereocenters. The van der Waals surface area contributed by atoms with Crippen LogP contribution in [0.1, 0.15) is 30.9 Å². The van der Waals surface area contributed by atoms with Crippen LogP contribution in [0, 0.1) is 11.8 Å². The van der Waals surface area contributed by atoms with Gasteiger partial charge in [0.05, 0.1) is 11.7 Å². The Morgan fingerprint density at radius 3 is 2.67 bits per heavy atom. The average Bonchev–Trinajstić information content (AvgIpc) is 2.28. The fourth-order valence-electron chi connectivity index (χ4n) is 1.61. The smallest absolute Gasteiger partial charge is 0.393 e. The molecule has 98 valence electrons. The predicted octanol–water partition coefficient (Wildman–Crippen LogP) is 3.41. The van der Waals surface area contributed by atoms with E-state index in [4.69, 9.17) is 0 Å². The largest absolute Gasteiger partial charge is 0.416 e. The van der Waals surface area contributed by atoms with Crippen molar-refractivity contribution in [2.45, 2.75) is 38.5 Å². The lowest BCUT2D eigenvalue weighted by Crippen LogP contribution is -2.11. The maximum absolute atomic E-state index is 12.5. The normalized spacial score (nSPS) is 12.7. The summed E-state index contributed by atoms with van der Waals surface area (Å²) in [5.74, 6) is 5.52. The van der Waals surface area contributed by atoms with E-state index in [9.17, 15) is 18.3 Å². The summed E-state index contributed by atoms with van der Waals surface area (Å²) in [7, 11) is 0. The molecule has 4 heteroatoms. The summed E-state index contributed by atoms with van der Waals surface area (Å²) in [6.45, 7) is 1.71. The van der Waals surface area contributed by atoms with E-state index in [1.54, 1.807) is 13.0 Å². The highest BCUT2D eigenvalue weighted by Crippen LogP contribution is 2.29. The van der Waals surface area contributed by atoms with Crippen LogP contribution in [0.4, 0.5) is 13.2 Å². The molecule has 0 fully saturated rings. The lowest BCUT2D eigenvalue weighted by atomic mass is 10.0. The zero-order chi connectivity index (χ0) is 13.6. The second-order valence-corrected chi connectivity index (χ2v) is 4.02. The number of benzene rings is 1. The van der Waals surface area contributed by atoms with Crippen LogP contribution < -0.4 is 0 Å². The second kappa shape index (κ2) is 6.46. The van der Waals surface area contributed by atoms with Gasteiger partial charge in [0.25, 0.3) is 0 Å². The van der Waals surface area contributed by atoms with Gasteiger partial charge in [-0.15, -0.1) is 11.8 Å². The minimum Gasteiger partial charge on any atom is -0.393 e. The molecule has 0 spiro atoms. The maximum Gasteiger partial charge on any atom is 0.416 e. The van der Waals surface area contributed by atoms with Crippen LogP contribution in [0.3, 0.4) is 0 Å². The first-order valence-electron chi connectivity index (χ1n) is 5.67. The standard InChI is InChI=1S/C14H15F3O/c1-2-3-4-8-13(18)10-11-6-5-7-12(9-11)14(15,16)17/h5-7,9,13,18H,4,8,10H2,1H3. The maximum atomic E-state index is 12.5. The fourth-order valence-corrected chi connectivity index (χ4v) is 1.61. The molecule has 0 saturated carbocycles. The average molecular weight is 256 g/mol. The Hall–Kier alpha value is -1.47. The van der Waals surface area contributed by atoms with Gasteiger partial charge in [0, 0.05) is 6.42 Å². The molecule has 0 amide bonds. The Kier molecular flexibility index (Phi) is 5.24. The summed E-state index contributed by atoms with van der Waals surface area (Å²) in [5.41, 5.74) is -0.192. The molecule has 1 aromatic rings. The second-order valence-electron chi connectivity index (χ2n) is 4.02. The zero-order valence-corrected chi connectivity index (χ0v) is 10.1. The molecular formula is C14H15F3O. The molecule has 18 heavy (non-hydrogen) atoms. The SMILES string of the molecule is CC#CCCC(O)Cc1cccc(C(F)(F)F)c1. The fraction of sp³-hybridized carbons (Fsp3) is 0.429. The molecular weight excluding hydrogens is 241 g/mol. The van der Waals surface area contributed by atoms with E-state index < -0.39 is 17.8 Å². The van der Waals surface area contributed by atoms with Crippen LogP contribution in [0.2, 0.25) is 0 Å². The summed E-state index contributed by atoms with van der Waals surface area (Å²) in [4.78, 5) is 0. The third-order valence-corrected chi connectivity index (χ3v) is 2.50. The van der Waals surface area contributed by atoms with E-state index in [0.29, 0.717) is 18.4 Å². The lowest BCUT2D eigenvalue weighted by Gasteiger charge is -2.11. The summed E-state index contributed by atoms with van der Waals surface area (Å²) < 4.78 is 37.4. The number of halogens is 3. The minimum absolute atomic E-state index is 0.218. The van der Waals surface area contributed by atoms with Gasteiger partial charge in [0.2, 0.25) is 0 Å². The van der Waals surface area contributed by atoms with Crippen molar-refractivity contribution < 1.29 is 18.3 Å². The molecule has 0 saturated heterocycles. The highest BCUT2D eigenvalue weighted by Gasteiger charge is 2.30. The van der Waals surface area contributed by atoms with E-state index in [2.05, 4.69) is 11.8 Å². The van der Waals surface area contributed by atoms with Crippen molar-refractivity contribution >= 4 is 0 Å². The van der Waals surface area contributed by atoms with Gasteiger partial charge < -0.3 is 5.11 Å². The third-order valence-electron chi connectivity index (χ3n) is 2.50. The Bertz CT molecular complexity index is 440. The number of hydrogen-bond acceptors (Lipinski definition) is 1. The van der Waals surface area contributed by atoms with Crippen molar-refractivity contribution in [1.29, 1.82) is 0 Å². The van der Waals surface area contributed by atoms with Crippen molar-refractivity contribution in [3.05, 3.63) is 35.4 Å². The molecule has 1 rings (SSSR count). The highest BCUT2D eigenvalue weighted by molar-refractivity contribution is 5.26. The number of aliphatic hydroxyl groups is 1. The quantitative estimate of drug-likeness (QED) is 0.818. The number of alkyl halides is 3. The van der Waals surface area contributed by atoms with Crippen LogP contribution in [-0.2, 0) is 12.6 Å². The minimum atomic E-state index is -4.34. The van der Waals surface area contributed by atoms with Crippen molar-refractivity contribution in [1.82, 2.24) is 0 Å². The number of rotatable bonds is 4. The van der Waals surface area contributed by atoms with Crippen LogP contribution in [0.15, 0.2) is 24.3 Å². The monoisotopic (exact) mass is 256 g/mol. The van der Waals surface area contributed by atoms with Crippen LogP contribution >= 0.6 is 0 Å². The molecule has 0 aliphatic carbocycles. The topological polar surface area (TPSA) is 20.2 Å². The number of aliphatic hydroxyl groups excluding tert-OH is 1. The van der Waals surface area contributed by atoms with Crippen molar-refractivity contribution in [3.63, 3.8) is 0 Å². The number of hydrogen-bond donors (Lipinski definition) is 1. The van der Waals surface area contributed by atoms with Gasteiger partial charge in [0.15, 0.2) is 0 Å². The molecule has 0 heterocycles. The molecule has 0 bridgehead atoms. The summed E-state index contributed by atoms with van der Waals surface area (Å²) in [6, 6.07) is 5.05. The van der Waals surface area contributed by atoms with Gasteiger partial charge in [0.1, 0.15) is 0 Å². The van der Waals surface area contributed by atoms with Crippen molar-refractivity contribution in [3.8, 4) is 11.8 Å². The van der Waals surface area contributed by atoms with Gasteiger partial charge in [-0.2, -0.15) is 13.2 Å². The first-order valence-corrected chi connectivity index (χ1v) is 5.67. The van der Waals surface area contributed by atoms with Crippen molar-refractivity contribution in [2.24, 2.45) is 0 Å². The van der Waals surface area contributed by atoms with Crippen LogP contribution in [-0.4, -0.2) is 11.2 Å². The molecule has 0 aromatic heterocycles. The van der Waals surface area contributed by atoms with Gasteiger partial charge in [-0.05, 0) is 31.4 Å². The Morgan fingerprint density at radius 2 is 2.06 bits per heavy atom. The van der Waals surface area contributed by atoms with E-state index in [1.807, 2.05) is 0 Å². The first kappa shape index (κ1) is 14.6.